The Balaban J connectivity index is 1.64. The van der Waals surface area contributed by atoms with E-state index in [1.54, 1.807) is 11.5 Å². The number of carbonyl (C=O) groups excluding carboxylic acids is 1. The fourth-order valence-electron chi connectivity index (χ4n) is 2.48. The van der Waals surface area contributed by atoms with Gasteiger partial charge in [-0.25, -0.2) is 0 Å². The van der Waals surface area contributed by atoms with Gasteiger partial charge < -0.3 is 20.2 Å². The van der Waals surface area contributed by atoms with E-state index in [4.69, 9.17) is 29.2 Å². The van der Waals surface area contributed by atoms with Gasteiger partial charge in [-0.1, -0.05) is 12.1 Å². The second kappa shape index (κ2) is 8.65. The van der Waals surface area contributed by atoms with E-state index in [0.29, 0.717) is 15.3 Å². The molecular formula is C18H19N5O2S2. The van der Waals surface area contributed by atoms with Crippen molar-refractivity contribution >= 4 is 42.1 Å². The Morgan fingerprint density at radius 3 is 2.56 bits per heavy atom. The second-order valence-electron chi connectivity index (χ2n) is 5.81. The molecule has 0 saturated carbocycles. The van der Waals surface area contributed by atoms with Gasteiger partial charge in [-0.05, 0) is 61.7 Å². The second-order valence-corrected chi connectivity index (χ2v) is 6.58. The molecule has 1 atom stereocenters. The van der Waals surface area contributed by atoms with Crippen LogP contribution >= 0.6 is 24.4 Å². The van der Waals surface area contributed by atoms with Crippen LogP contribution in [0.1, 0.15) is 6.92 Å². The fraction of sp³-hybridized carbons (Fsp3) is 0.167. The lowest BCUT2D eigenvalue weighted by atomic mass is 10.2. The zero-order chi connectivity index (χ0) is 19.2. The molecule has 0 aliphatic carbocycles. The summed E-state index contributed by atoms with van der Waals surface area (Å²) in [7, 11) is 0. The minimum atomic E-state index is -0.257. The number of rotatable bonds is 8. The molecular weight excluding hydrogens is 382 g/mol. The Morgan fingerprint density at radius 2 is 1.81 bits per heavy atom. The lowest BCUT2D eigenvalue weighted by Gasteiger charge is -2.13. The number of carbonyl (C=O) groups is 1. The monoisotopic (exact) mass is 401 g/mol. The molecule has 3 rings (SSSR count). The Morgan fingerprint density at radius 1 is 1.11 bits per heavy atom. The summed E-state index contributed by atoms with van der Waals surface area (Å²) >= 11 is 10.5. The van der Waals surface area contributed by atoms with E-state index in [0.717, 1.165) is 23.3 Å². The molecule has 1 heterocycles. The third kappa shape index (κ3) is 4.83. The van der Waals surface area contributed by atoms with Crippen LogP contribution in [0.25, 0.3) is 5.69 Å². The summed E-state index contributed by atoms with van der Waals surface area (Å²) in [6, 6.07) is 14.9. The Kier molecular flexibility index (Phi) is 6.05. The zero-order valence-electron chi connectivity index (χ0n) is 14.6. The van der Waals surface area contributed by atoms with E-state index in [1.807, 2.05) is 48.5 Å². The normalized spacial score (nSPS) is 11.6. The highest BCUT2D eigenvalue weighted by Gasteiger charge is 2.03. The quantitative estimate of drug-likeness (QED) is 0.259. The summed E-state index contributed by atoms with van der Waals surface area (Å²) in [4.78, 5) is 10.8. The molecule has 140 valence electrons. The topological polar surface area (TPSA) is 86.9 Å². The average Bonchev–Trinajstić information content (AvgIpc) is 3.00. The van der Waals surface area contributed by atoms with E-state index < -0.39 is 0 Å². The van der Waals surface area contributed by atoms with Crippen molar-refractivity contribution in [1.82, 2.24) is 14.8 Å². The van der Waals surface area contributed by atoms with Crippen LogP contribution in [0.4, 0.5) is 11.4 Å². The Labute approximate surface area is 166 Å². The minimum absolute atomic E-state index is 0.257. The molecule has 0 fully saturated rings. The van der Waals surface area contributed by atoms with Crippen LogP contribution in [0.2, 0.25) is 0 Å². The number of ether oxygens (including phenoxy) is 1. The molecule has 3 aromatic rings. The molecule has 27 heavy (non-hydrogen) atoms. The molecule has 1 aromatic heterocycles. The van der Waals surface area contributed by atoms with Crippen molar-refractivity contribution in [3.8, 4) is 11.4 Å². The molecule has 2 aromatic carbocycles. The number of aromatic nitrogens is 3. The molecule has 0 aliphatic heterocycles. The lowest BCUT2D eigenvalue weighted by molar-refractivity contribution is -0.108. The van der Waals surface area contributed by atoms with Crippen molar-refractivity contribution in [3.05, 3.63) is 58.1 Å². The van der Waals surface area contributed by atoms with Gasteiger partial charge in [0.15, 0.2) is 16.3 Å². The minimum Gasteiger partial charge on any atom is -0.473 e. The fourth-order valence-corrected chi connectivity index (χ4v) is 3.03. The first-order valence-corrected chi connectivity index (χ1v) is 9.07. The highest BCUT2D eigenvalue weighted by Crippen LogP contribution is 2.19. The van der Waals surface area contributed by atoms with E-state index in [2.05, 4.69) is 20.8 Å². The van der Waals surface area contributed by atoms with Gasteiger partial charge in [0.25, 0.3) is 0 Å². The summed E-state index contributed by atoms with van der Waals surface area (Å²) in [6.07, 6.45) is 0.852. The van der Waals surface area contributed by atoms with Crippen LogP contribution in [0.5, 0.6) is 5.75 Å². The molecule has 7 nitrogen and oxygen atoms in total. The van der Waals surface area contributed by atoms with Crippen molar-refractivity contribution in [2.24, 2.45) is 0 Å². The van der Waals surface area contributed by atoms with Gasteiger partial charge >= 0.3 is 0 Å². The standard InChI is InChI=1S/C18H19N5O2S2/c1-12(10-24)20-14-5-3-7-16(9-14)25-11-19-13-4-2-6-15(8-13)23-17(26)21-22-18(23)27/h2-10,12,19-20H,11H2,1H3,(H,21,26)(H,22,27). The first-order valence-electron chi connectivity index (χ1n) is 8.25. The first-order chi connectivity index (χ1) is 13.1. The van der Waals surface area contributed by atoms with E-state index >= 15 is 0 Å². The van der Waals surface area contributed by atoms with Crippen LogP contribution in [0, 0.1) is 9.54 Å². The number of benzene rings is 2. The summed E-state index contributed by atoms with van der Waals surface area (Å²) in [5.41, 5.74) is 2.54. The van der Waals surface area contributed by atoms with E-state index in [1.165, 1.54) is 0 Å². The van der Waals surface area contributed by atoms with Crippen LogP contribution in [0.15, 0.2) is 48.5 Å². The first kappa shape index (κ1) is 18.9. The predicted octanol–water partition coefficient (Wildman–Crippen LogP) is 4.04. The summed E-state index contributed by atoms with van der Waals surface area (Å²) < 4.78 is 8.48. The number of nitrogens with one attached hydrogen (secondary N) is 4. The summed E-state index contributed by atoms with van der Waals surface area (Å²) in [5, 5.41) is 11.9. The molecule has 0 saturated heterocycles. The van der Waals surface area contributed by atoms with Gasteiger partial charge in [-0.3, -0.25) is 14.8 Å². The van der Waals surface area contributed by atoms with Crippen molar-refractivity contribution in [2.45, 2.75) is 13.0 Å². The number of H-pyrrole nitrogens is 2. The van der Waals surface area contributed by atoms with Gasteiger partial charge in [0.2, 0.25) is 0 Å². The van der Waals surface area contributed by atoms with Crippen molar-refractivity contribution in [3.63, 3.8) is 0 Å². The third-order valence-electron chi connectivity index (χ3n) is 3.73. The molecule has 0 bridgehead atoms. The smallest absolute Gasteiger partial charge is 0.198 e. The number of nitrogens with zero attached hydrogens (tertiary/aromatic N) is 1. The maximum absolute atomic E-state index is 10.8. The van der Waals surface area contributed by atoms with Gasteiger partial charge in [0.05, 0.1) is 11.7 Å². The van der Waals surface area contributed by atoms with Crippen LogP contribution in [-0.2, 0) is 4.79 Å². The van der Waals surface area contributed by atoms with Crippen LogP contribution in [0.3, 0.4) is 0 Å². The van der Waals surface area contributed by atoms with Crippen LogP contribution < -0.4 is 15.4 Å². The van der Waals surface area contributed by atoms with E-state index in [9.17, 15) is 4.79 Å². The molecule has 4 N–H and O–H groups in total. The Hall–Kier alpha value is -2.91. The van der Waals surface area contributed by atoms with Gasteiger partial charge in [-0.15, -0.1) is 0 Å². The average molecular weight is 402 g/mol. The molecule has 0 spiro atoms. The number of anilines is 2. The highest BCUT2D eigenvalue weighted by molar-refractivity contribution is 7.72. The number of aldehydes is 1. The van der Waals surface area contributed by atoms with Crippen molar-refractivity contribution in [1.29, 1.82) is 0 Å². The maximum atomic E-state index is 10.8. The number of hydrogen-bond acceptors (Lipinski definition) is 6. The highest BCUT2D eigenvalue weighted by atomic mass is 32.1. The van der Waals surface area contributed by atoms with Gasteiger partial charge in [0.1, 0.15) is 12.0 Å². The molecule has 9 heteroatoms. The van der Waals surface area contributed by atoms with Crippen molar-refractivity contribution < 1.29 is 9.53 Å². The molecule has 0 radical (unpaired) electrons. The predicted molar refractivity (Wildman–Crippen MR) is 111 cm³/mol. The molecule has 1 unspecified atom stereocenters. The summed E-state index contributed by atoms with van der Waals surface area (Å²) in [5.74, 6) is 0.692. The van der Waals surface area contributed by atoms with Gasteiger partial charge in [0, 0.05) is 17.4 Å². The van der Waals surface area contributed by atoms with Crippen molar-refractivity contribution in [2.75, 3.05) is 17.4 Å². The SMILES string of the molecule is CC(C=O)Nc1cccc(OCNc2cccc(-n3c(=S)[nH][nH]c3=S)c2)c1. The van der Waals surface area contributed by atoms with Gasteiger partial charge in [-0.2, -0.15) is 0 Å². The Bertz CT molecular complexity index is 1010. The number of hydrogen-bond donors (Lipinski definition) is 4. The number of aromatic amines is 2. The molecule has 0 aliphatic rings. The lowest BCUT2D eigenvalue weighted by Crippen LogP contribution is -2.16. The zero-order valence-corrected chi connectivity index (χ0v) is 16.2. The van der Waals surface area contributed by atoms with Crippen LogP contribution in [-0.4, -0.2) is 33.8 Å². The largest absolute Gasteiger partial charge is 0.473 e. The van der Waals surface area contributed by atoms with E-state index in [-0.39, 0.29) is 12.8 Å². The summed E-state index contributed by atoms with van der Waals surface area (Å²) in [6.45, 7) is 2.07. The maximum Gasteiger partial charge on any atom is 0.198 e. The third-order valence-corrected chi connectivity index (χ3v) is 4.30. The molecule has 0 amide bonds.